The predicted octanol–water partition coefficient (Wildman–Crippen LogP) is 2.96. The minimum Gasteiger partial charge on any atom is -0.340 e. The molecule has 3 aliphatic heterocycles. The minimum atomic E-state index is -4.21. The van der Waals surface area contributed by atoms with Crippen LogP contribution in [0.1, 0.15) is 52.9 Å². The Hall–Kier alpha value is -3.18. The van der Waals surface area contributed by atoms with Crippen LogP contribution < -0.4 is 5.32 Å². The summed E-state index contributed by atoms with van der Waals surface area (Å²) in [4.78, 5) is 72.1. The number of thiophene rings is 1. The molecule has 3 amide bonds. The third-order valence-electron chi connectivity index (χ3n) is 9.43. The van der Waals surface area contributed by atoms with Gasteiger partial charge in [-0.05, 0) is 91.0 Å². The molecule has 0 bridgehead atoms. The topological polar surface area (TPSA) is 153 Å². The number of hydrogen-bond acceptors (Lipinski definition) is 7. The molecular weight excluding hydrogens is 589 g/mol. The predicted molar refractivity (Wildman–Crippen MR) is 159 cm³/mol. The molecule has 43 heavy (non-hydrogen) atoms. The number of carbonyl (C=O) groups excluding carboxylic acids is 3. The number of likely N-dealkylation sites (tertiary alicyclic amines) is 1. The van der Waals surface area contributed by atoms with Gasteiger partial charge in [-0.15, -0.1) is 11.3 Å². The maximum absolute atomic E-state index is 14.1. The number of benzene rings is 1. The molecule has 226 valence electrons. The summed E-state index contributed by atoms with van der Waals surface area (Å²) in [6.07, 6.45) is 9.56. The summed E-state index contributed by atoms with van der Waals surface area (Å²) in [5, 5.41) is 3.73. The molecule has 2 aromatic heterocycles. The number of amides is 3. The van der Waals surface area contributed by atoms with Crippen molar-refractivity contribution in [2.75, 3.05) is 13.1 Å². The van der Waals surface area contributed by atoms with Crippen LogP contribution in [0.15, 0.2) is 43.0 Å². The normalized spacial score (nSPS) is 27.2. The van der Waals surface area contributed by atoms with E-state index in [1.165, 1.54) is 17.7 Å². The molecule has 4 aliphatic rings. The zero-order chi connectivity index (χ0) is 29.9. The Morgan fingerprint density at radius 3 is 2.56 bits per heavy atom. The Morgan fingerprint density at radius 1 is 1.02 bits per heavy atom. The second-order valence-electron chi connectivity index (χ2n) is 12.6. The lowest BCUT2D eigenvalue weighted by Gasteiger charge is -2.43. The Labute approximate surface area is 252 Å². The molecule has 0 unspecified atom stereocenters. The Kier molecular flexibility index (Phi) is 7.36. The van der Waals surface area contributed by atoms with Crippen LogP contribution in [0.2, 0.25) is 0 Å². The van der Waals surface area contributed by atoms with E-state index in [0.717, 1.165) is 41.3 Å². The van der Waals surface area contributed by atoms with Gasteiger partial charge in [-0.1, -0.05) is 6.07 Å². The summed E-state index contributed by atoms with van der Waals surface area (Å²) in [6, 6.07) is 5.64. The van der Waals surface area contributed by atoms with Crippen LogP contribution in [0.4, 0.5) is 0 Å². The van der Waals surface area contributed by atoms with E-state index in [-0.39, 0.29) is 29.9 Å². The highest BCUT2D eigenvalue weighted by molar-refractivity contribution is 7.50. The number of carbonyl (C=O) groups is 3. The molecule has 7 rings (SSSR count). The number of nitrogens with one attached hydrogen (secondary N) is 1. The SMILES string of the molecule is O=C(N[C@H]1C[C@@H]2C[C@@H]2C[C@H]2CC[C@@H](C(=O)N3CC(Cc4cncnc4)C3)N2C1=O)c1cc2cc(CP(=O)(O)O)ccc2s1. The van der Waals surface area contributed by atoms with Gasteiger partial charge in [0, 0.05) is 36.2 Å². The number of aromatic nitrogens is 2. The standard InChI is InChI=1S/C30H34N5O6PS/c36-28(27-10-22-6-17(15-42(39,40)41)1-4-26(22)43-27)33-24-9-21-7-20(21)8-23-2-3-25(35(23)29(24)37)30(38)34-13-19(14-34)5-18-11-31-16-32-12-18/h1,4,6,10-12,16,19-21,23-25H,2-3,5,7-9,13-15H2,(H,33,36)(H2,39,40,41)/t20-,21+,23-,24+,25+/m1/s1. The van der Waals surface area contributed by atoms with E-state index in [4.69, 9.17) is 0 Å². The number of hydrogen-bond donors (Lipinski definition) is 3. The van der Waals surface area contributed by atoms with Crippen molar-refractivity contribution in [3.63, 3.8) is 0 Å². The largest absolute Gasteiger partial charge is 0.340 e. The molecule has 11 nitrogen and oxygen atoms in total. The second-order valence-corrected chi connectivity index (χ2v) is 15.3. The second kappa shape index (κ2) is 11.1. The van der Waals surface area contributed by atoms with Gasteiger partial charge < -0.3 is 24.9 Å². The zero-order valence-electron chi connectivity index (χ0n) is 23.5. The fourth-order valence-corrected chi connectivity index (χ4v) is 8.88. The molecule has 0 spiro atoms. The molecule has 0 radical (unpaired) electrons. The van der Waals surface area contributed by atoms with Crippen molar-refractivity contribution in [3.8, 4) is 0 Å². The third kappa shape index (κ3) is 5.98. The maximum Gasteiger partial charge on any atom is 0.329 e. The van der Waals surface area contributed by atoms with Crippen molar-refractivity contribution >= 4 is 46.7 Å². The fraction of sp³-hybridized carbons (Fsp3) is 0.500. The molecule has 13 heteroatoms. The Bertz CT molecular complexity index is 1620. The molecule has 3 N–H and O–H groups in total. The van der Waals surface area contributed by atoms with E-state index in [0.29, 0.717) is 54.1 Å². The van der Waals surface area contributed by atoms with E-state index >= 15 is 0 Å². The quantitative estimate of drug-likeness (QED) is 0.340. The minimum absolute atomic E-state index is 0.00465. The van der Waals surface area contributed by atoms with Gasteiger partial charge in [0.05, 0.1) is 11.0 Å². The van der Waals surface area contributed by atoms with Crippen molar-refractivity contribution in [2.45, 2.75) is 62.8 Å². The highest BCUT2D eigenvalue weighted by Gasteiger charge is 2.52. The van der Waals surface area contributed by atoms with Crippen molar-refractivity contribution < 1.29 is 28.7 Å². The fourth-order valence-electron chi connectivity index (χ4n) is 7.26. The van der Waals surface area contributed by atoms with Crippen LogP contribution in [-0.4, -0.2) is 78.5 Å². The zero-order valence-corrected chi connectivity index (χ0v) is 25.3. The maximum atomic E-state index is 14.1. The van der Waals surface area contributed by atoms with E-state index < -0.39 is 19.7 Å². The van der Waals surface area contributed by atoms with Gasteiger partial charge in [0.15, 0.2) is 0 Å². The first-order chi connectivity index (χ1) is 20.6. The average molecular weight is 624 g/mol. The van der Waals surface area contributed by atoms with Gasteiger partial charge in [0.1, 0.15) is 18.4 Å². The van der Waals surface area contributed by atoms with Crippen LogP contribution in [0, 0.1) is 17.8 Å². The highest BCUT2D eigenvalue weighted by atomic mass is 32.1. The molecule has 3 aromatic rings. The van der Waals surface area contributed by atoms with Crippen LogP contribution in [-0.2, 0) is 26.7 Å². The van der Waals surface area contributed by atoms with E-state index in [2.05, 4.69) is 15.3 Å². The van der Waals surface area contributed by atoms with Crippen LogP contribution in [0.5, 0.6) is 0 Å². The summed E-state index contributed by atoms with van der Waals surface area (Å²) >= 11 is 1.28. The monoisotopic (exact) mass is 623 g/mol. The highest BCUT2D eigenvalue weighted by Crippen LogP contribution is 2.49. The number of rotatable bonds is 7. The van der Waals surface area contributed by atoms with Crippen molar-refractivity contribution in [3.05, 3.63) is 59.0 Å². The van der Waals surface area contributed by atoms with Crippen LogP contribution in [0.3, 0.4) is 0 Å². The Morgan fingerprint density at radius 2 is 1.79 bits per heavy atom. The van der Waals surface area contributed by atoms with Gasteiger partial charge in [-0.2, -0.15) is 0 Å². The van der Waals surface area contributed by atoms with Crippen molar-refractivity contribution in [1.82, 2.24) is 25.1 Å². The summed E-state index contributed by atoms with van der Waals surface area (Å²) in [6.45, 7) is 1.31. The lowest BCUT2D eigenvalue weighted by Crippen LogP contribution is -2.60. The van der Waals surface area contributed by atoms with Crippen LogP contribution in [0.25, 0.3) is 10.1 Å². The molecule has 4 fully saturated rings. The van der Waals surface area contributed by atoms with Crippen molar-refractivity contribution in [1.29, 1.82) is 0 Å². The van der Waals surface area contributed by atoms with Gasteiger partial charge >= 0.3 is 7.60 Å². The van der Waals surface area contributed by atoms with Crippen molar-refractivity contribution in [2.24, 2.45) is 17.8 Å². The molecular formula is C30H34N5O6PS. The first-order valence-corrected chi connectivity index (χ1v) is 17.5. The van der Waals surface area contributed by atoms with E-state index in [1.807, 2.05) is 4.90 Å². The Balaban J connectivity index is 1.04. The molecule has 3 saturated heterocycles. The van der Waals surface area contributed by atoms with E-state index in [9.17, 15) is 28.7 Å². The average Bonchev–Trinajstić information content (AvgIpc) is 3.31. The first-order valence-electron chi connectivity index (χ1n) is 14.8. The number of fused-ring (bicyclic) bond motifs is 3. The molecule has 1 aliphatic carbocycles. The first kappa shape index (κ1) is 28.6. The van der Waals surface area contributed by atoms with E-state index in [1.54, 1.807) is 41.6 Å². The molecule has 5 heterocycles. The smallest absolute Gasteiger partial charge is 0.329 e. The summed E-state index contributed by atoms with van der Waals surface area (Å²) in [5.74, 6) is 0.772. The number of nitrogens with zero attached hydrogens (tertiary/aromatic N) is 4. The van der Waals surface area contributed by atoms with Crippen LogP contribution >= 0.6 is 18.9 Å². The molecule has 1 saturated carbocycles. The summed E-state index contributed by atoms with van der Waals surface area (Å²) in [7, 11) is -4.21. The summed E-state index contributed by atoms with van der Waals surface area (Å²) in [5.41, 5.74) is 1.55. The van der Waals surface area contributed by atoms with Gasteiger partial charge in [-0.3, -0.25) is 18.9 Å². The van der Waals surface area contributed by atoms with Gasteiger partial charge in [0.2, 0.25) is 11.8 Å². The summed E-state index contributed by atoms with van der Waals surface area (Å²) < 4.78 is 12.3. The lowest BCUT2D eigenvalue weighted by molar-refractivity contribution is -0.151. The molecule has 5 atom stereocenters. The molecule has 1 aromatic carbocycles. The third-order valence-corrected chi connectivity index (χ3v) is 11.3. The van der Waals surface area contributed by atoms with Gasteiger partial charge in [-0.25, -0.2) is 9.97 Å². The lowest BCUT2D eigenvalue weighted by atomic mass is 9.92. The van der Waals surface area contributed by atoms with Gasteiger partial charge in [0.25, 0.3) is 5.91 Å².